The highest BCUT2D eigenvalue weighted by atomic mass is 16.4. The molecule has 0 saturated heterocycles. The average molecular weight is 273 g/mol. The van der Waals surface area contributed by atoms with Crippen LogP contribution in [-0.2, 0) is 9.59 Å². The molecule has 0 saturated carbocycles. The van der Waals surface area contributed by atoms with Crippen LogP contribution in [0.5, 0.6) is 0 Å². The molecule has 3 N–H and O–H groups in total. The molecule has 0 aliphatic carbocycles. The summed E-state index contributed by atoms with van der Waals surface area (Å²) in [5.74, 6) is -1.49. The molecule has 0 aliphatic rings. The molecule has 1 amide bonds. The van der Waals surface area contributed by atoms with Crippen LogP contribution in [-0.4, -0.2) is 23.5 Å². The van der Waals surface area contributed by atoms with Gasteiger partial charge < -0.3 is 15.7 Å². The van der Waals surface area contributed by atoms with Gasteiger partial charge in [0.15, 0.2) is 0 Å². The Hall–Kier alpha value is -2.81. The van der Waals surface area contributed by atoms with E-state index in [2.05, 4.69) is 10.6 Å². The minimum atomic E-state index is -0.950. The number of hydrogen-bond donors (Lipinski definition) is 3. The van der Waals surface area contributed by atoms with E-state index >= 15 is 0 Å². The molecule has 1 aromatic rings. The van der Waals surface area contributed by atoms with Gasteiger partial charge in [-0.05, 0) is 24.6 Å². The number of carboxylic acid groups (broad SMARTS) is 1. The minimum Gasteiger partial charge on any atom is -0.481 e. The molecule has 0 bridgehead atoms. The summed E-state index contributed by atoms with van der Waals surface area (Å²) in [6.07, 6.45) is 1.13. The lowest BCUT2D eigenvalue weighted by Crippen LogP contribution is -2.18. The third-order valence-electron chi connectivity index (χ3n) is 2.37. The first kappa shape index (κ1) is 15.2. The number of carbonyl (C=O) groups excluding carboxylic acids is 1. The first-order chi connectivity index (χ1) is 9.52. The summed E-state index contributed by atoms with van der Waals surface area (Å²) in [5, 5.41) is 22.6. The second-order valence-electron chi connectivity index (χ2n) is 4.09. The van der Waals surface area contributed by atoms with Crippen LogP contribution in [0.25, 0.3) is 0 Å². The van der Waals surface area contributed by atoms with Gasteiger partial charge in [0.2, 0.25) is 0 Å². The number of nitrogens with zero attached hydrogens (tertiary/aromatic N) is 1. The van der Waals surface area contributed by atoms with Gasteiger partial charge in [0.05, 0.1) is 6.42 Å². The predicted molar refractivity (Wildman–Crippen MR) is 73.8 cm³/mol. The van der Waals surface area contributed by atoms with Crippen molar-refractivity contribution < 1.29 is 14.7 Å². The minimum absolute atomic E-state index is 0.0886. The van der Waals surface area contributed by atoms with Gasteiger partial charge in [0.1, 0.15) is 11.6 Å². The average Bonchev–Trinajstić information content (AvgIpc) is 2.38. The quantitative estimate of drug-likeness (QED) is 0.413. The highest BCUT2D eigenvalue weighted by Crippen LogP contribution is 2.10. The number of nitrogens with one attached hydrogen (secondary N) is 2. The van der Waals surface area contributed by atoms with Crippen molar-refractivity contribution in [3.8, 4) is 6.07 Å². The molecular weight excluding hydrogens is 258 g/mol. The maximum Gasteiger partial charge on any atom is 0.305 e. The highest BCUT2D eigenvalue weighted by Gasteiger charge is 2.09. The molecule has 0 aliphatic heterocycles. The molecule has 6 nitrogen and oxygen atoms in total. The number of aliphatic carboxylic acids is 1. The Balaban J connectivity index is 2.61. The van der Waals surface area contributed by atoms with Crippen molar-refractivity contribution in [3.05, 3.63) is 41.6 Å². The Morgan fingerprint density at radius 2 is 2.20 bits per heavy atom. The lowest BCUT2D eigenvalue weighted by atomic mass is 10.2. The van der Waals surface area contributed by atoms with Gasteiger partial charge in [-0.2, -0.15) is 5.26 Å². The molecule has 0 spiro atoms. The monoisotopic (exact) mass is 273 g/mol. The maximum absolute atomic E-state index is 11.8. The van der Waals surface area contributed by atoms with Gasteiger partial charge in [0, 0.05) is 18.4 Å². The van der Waals surface area contributed by atoms with E-state index in [4.69, 9.17) is 10.4 Å². The number of aryl methyl sites for hydroxylation is 1. The van der Waals surface area contributed by atoms with Gasteiger partial charge in [0.25, 0.3) is 5.91 Å². The summed E-state index contributed by atoms with van der Waals surface area (Å²) in [4.78, 5) is 22.1. The van der Waals surface area contributed by atoms with Crippen molar-refractivity contribution in [2.24, 2.45) is 0 Å². The molecular formula is C14H15N3O3. The molecule has 0 atom stereocenters. The van der Waals surface area contributed by atoms with E-state index < -0.39 is 11.9 Å². The molecule has 0 fully saturated rings. The summed E-state index contributed by atoms with van der Waals surface area (Å²) < 4.78 is 0. The smallest absolute Gasteiger partial charge is 0.305 e. The fourth-order valence-electron chi connectivity index (χ4n) is 1.42. The number of anilines is 1. The number of carbonyl (C=O) groups is 2. The van der Waals surface area contributed by atoms with Crippen molar-refractivity contribution in [2.45, 2.75) is 13.3 Å². The van der Waals surface area contributed by atoms with E-state index in [1.54, 1.807) is 24.3 Å². The van der Waals surface area contributed by atoms with Crippen molar-refractivity contribution in [2.75, 3.05) is 11.9 Å². The topological polar surface area (TPSA) is 102 Å². The van der Waals surface area contributed by atoms with E-state index in [9.17, 15) is 9.59 Å². The zero-order chi connectivity index (χ0) is 15.0. The number of rotatable bonds is 6. The van der Waals surface area contributed by atoms with Crippen LogP contribution in [0.2, 0.25) is 0 Å². The van der Waals surface area contributed by atoms with E-state index in [1.807, 2.05) is 13.0 Å². The SMILES string of the molecule is Cc1cccc(NC(=O)/C(C#N)=C\NCCC(=O)O)c1. The molecule has 1 rings (SSSR count). The van der Waals surface area contributed by atoms with E-state index in [1.165, 1.54) is 6.20 Å². The molecule has 6 heteroatoms. The summed E-state index contributed by atoms with van der Waals surface area (Å²) in [5.41, 5.74) is 1.48. The third-order valence-corrected chi connectivity index (χ3v) is 2.37. The molecule has 0 unspecified atom stereocenters. The zero-order valence-electron chi connectivity index (χ0n) is 11.0. The van der Waals surface area contributed by atoms with Crippen LogP contribution < -0.4 is 10.6 Å². The molecule has 0 aromatic heterocycles. The van der Waals surface area contributed by atoms with Crippen molar-refractivity contribution >= 4 is 17.6 Å². The Kier molecular flexibility index (Phi) is 5.78. The van der Waals surface area contributed by atoms with Gasteiger partial charge in [-0.1, -0.05) is 12.1 Å². The van der Waals surface area contributed by atoms with Crippen LogP contribution in [0, 0.1) is 18.3 Å². The number of nitriles is 1. The van der Waals surface area contributed by atoms with Crippen LogP contribution in [0.4, 0.5) is 5.69 Å². The lowest BCUT2D eigenvalue weighted by Gasteiger charge is -2.05. The summed E-state index contributed by atoms with van der Waals surface area (Å²) >= 11 is 0. The number of carboxylic acids is 1. The first-order valence-electron chi connectivity index (χ1n) is 5.96. The lowest BCUT2D eigenvalue weighted by molar-refractivity contribution is -0.136. The normalized spacial score (nSPS) is 10.5. The Morgan fingerprint density at radius 1 is 1.45 bits per heavy atom. The Bertz CT molecular complexity index is 573. The van der Waals surface area contributed by atoms with Crippen molar-refractivity contribution in [3.63, 3.8) is 0 Å². The maximum atomic E-state index is 11.8. The van der Waals surface area contributed by atoms with Crippen molar-refractivity contribution in [1.29, 1.82) is 5.26 Å². The first-order valence-corrected chi connectivity index (χ1v) is 5.96. The van der Waals surface area contributed by atoms with Gasteiger partial charge in [-0.15, -0.1) is 0 Å². The summed E-state index contributed by atoms with van der Waals surface area (Å²) in [6.45, 7) is 2.04. The number of benzene rings is 1. The second kappa shape index (κ2) is 7.59. The predicted octanol–water partition coefficient (Wildman–Crippen LogP) is 1.41. The van der Waals surface area contributed by atoms with E-state index in [0.717, 1.165) is 5.56 Å². The molecule has 1 aromatic carbocycles. The molecule has 104 valence electrons. The highest BCUT2D eigenvalue weighted by molar-refractivity contribution is 6.06. The van der Waals surface area contributed by atoms with E-state index in [-0.39, 0.29) is 18.5 Å². The largest absolute Gasteiger partial charge is 0.481 e. The van der Waals surface area contributed by atoms with Crippen LogP contribution >= 0.6 is 0 Å². The van der Waals surface area contributed by atoms with Crippen LogP contribution in [0.15, 0.2) is 36.0 Å². The van der Waals surface area contributed by atoms with E-state index in [0.29, 0.717) is 5.69 Å². The van der Waals surface area contributed by atoms with Gasteiger partial charge in [-0.3, -0.25) is 9.59 Å². The second-order valence-corrected chi connectivity index (χ2v) is 4.09. The molecule has 0 radical (unpaired) electrons. The van der Waals surface area contributed by atoms with Crippen LogP contribution in [0.1, 0.15) is 12.0 Å². The Morgan fingerprint density at radius 3 is 2.80 bits per heavy atom. The third kappa shape index (κ3) is 5.23. The number of amides is 1. The standard InChI is InChI=1S/C14H15N3O3/c1-10-3-2-4-12(7-10)17-14(20)11(8-15)9-16-6-5-13(18)19/h2-4,7,9,16H,5-6H2,1H3,(H,17,20)(H,18,19)/b11-9-. The Labute approximate surface area is 116 Å². The summed E-state index contributed by atoms with van der Waals surface area (Å²) in [6, 6.07) is 8.96. The molecule has 20 heavy (non-hydrogen) atoms. The fraction of sp³-hybridized carbons (Fsp3) is 0.214. The fourth-order valence-corrected chi connectivity index (χ4v) is 1.42. The van der Waals surface area contributed by atoms with Gasteiger partial charge >= 0.3 is 5.97 Å². The van der Waals surface area contributed by atoms with Crippen LogP contribution in [0.3, 0.4) is 0 Å². The zero-order valence-corrected chi connectivity index (χ0v) is 11.0. The van der Waals surface area contributed by atoms with Crippen molar-refractivity contribution in [1.82, 2.24) is 5.32 Å². The number of hydrogen-bond acceptors (Lipinski definition) is 4. The van der Waals surface area contributed by atoms with Gasteiger partial charge in [-0.25, -0.2) is 0 Å². The summed E-state index contributed by atoms with van der Waals surface area (Å²) in [7, 11) is 0. The molecule has 0 heterocycles.